The van der Waals surface area contributed by atoms with E-state index in [2.05, 4.69) is 15.2 Å². The van der Waals surface area contributed by atoms with Crippen molar-refractivity contribution in [2.45, 2.75) is 12.8 Å². The average molecular weight is 367 g/mol. The fraction of sp³-hybridized carbons (Fsp3) is 0.238. The number of nitrogens with zero attached hydrogens (tertiary/aromatic N) is 2. The number of nitrogens with one attached hydrogen (secondary N) is 1. The van der Waals surface area contributed by atoms with Gasteiger partial charge in [0.2, 0.25) is 5.91 Å². The summed E-state index contributed by atoms with van der Waals surface area (Å²) in [7, 11) is 0. The molecule has 138 valence electrons. The number of hydrogen-bond donors (Lipinski definition) is 1. The van der Waals surface area contributed by atoms with E-state index in [0.29, 0.717) is 11.2 Å². The van der Waals surface area contributed by atoms with Gasteiger partial charge in [0, 0.05) is 48.0 Å². The van der Waals surface area contributed by atoms with E-state index in [1.54, 1.807) is 24.4 Å². The van der Waals surface area contributed by atoms with Crippen LogP contribution < -0.4 is 10.2 Å². The van der Waals surface area contributed by atoms with Crippen molar-refractivity contribution in [1.82, 2.24) is 4.98 Å². The van der Waals surface area contributed by atoms with Gasteiger partial charge < -0.3 is 10.2 Å². The highest BCUT2D eigenvalue weighted by atomic mass is 19.1. The number of aromatic nitrogens is 1. The Morgan fingerprint density at radius 1 is 1.00 bits per heavy atom. The maximum absolute atomic E-state index is 13.4. The first-order chi connectivity index (χ1) is 13.1. The minimum absolute atomic E-state index is 0.0390. The number of amides is 1. The number of benzene rings is 2. The third-order valence-corrected chi connectivity index (χ3v) is 5.00. The SMILES string of the molecule is O=C(Nc1ccc(F)cc1)C1CCN(c2ccnc3cc(F)ccc23)CC1. The Labute approximate surface area is 155 Å². The van der Waals surface area contributed by atoms with Crippen LogP contribution in [0.25, 0.3) is 10.9 Å². The van der Waals surface area contributed by atoms with Gasteiger partial charge in [-0.25, -0.2) is 8.78 Å². The molecule has 3 aromatic rings. The second-order valence-corrected chi connectivity index (χ2v) is 6.75. The number of anilines is 2. The summed E-state index contributed by atoms with van der Waals surface area (Å²) < 4.78 is 26.4. The number of carbonyl (C=O) groups excluding carboxylic acids is 1. The summed E-state index contributed by atoms with van der Waals surface area (Å²) in [4.78, 5) is 18.9. The Balaban J connectivity index is 1.43. The maximum Gasteiger partial charge on any atom is 0.227 e. The van der Waals surface area contributed by atoms with E-state index in [9.17, 15) is 13.6 Å². The van der Waals surface area contributed by atoms with E-state index in [1.807, 2.05) is 6.07 Å². The lowest BCUT2D eigenvalue weighted by molar-refractivity contribution is -0.120. The second-order valence-electron chi connectivity index (χ2n) is 6.75. The summed E-state index contributed by atoms with van der Waals surface area (Å²) in [5.41, 5.74) is 2.24. The number of pyridine rings is 1. The topological polar surface area (TPSA) is 45.2 Å². The van der Waals surface area contributed by atoms with E-state index in [-0.39, 0.29) is 23.5 Å². The molecule has 1 amide bonds. The predicted octanol–water partition coefficient (Wildman–Crippen LogP) is 4.37. The molecule has 0 saturated carbocycles. The molecule has 1 aliphatic rings. The van der Waals surface area contributed by atoms with Gasteiger partial charge in [0.25, 0.3) is 0 Å². The quantitative estimate of drug-likeness (QED) is 0.748. The largest absolute Gasteiger partial charge is 0.371 e. The molecule has 0 aliphatic carbocycles. The first-order valence-electron chi connectivity index (χ1n) is 8.96. The standard InChI is InChI=1S/C21H19F2N3O/c22-15-1-4-17(5-2-15)25-21(27)14-8-11-26(12-9-14)20-7-10-24-19-13-16(23)3-6-18(19)20/h1-7,10,13-14H,8-9,11-12H2,(H,25,27). The van der Waals surface area contributed by atoms with Gasteiger partial charge in [0.05, 0.1) is 5.52 Å². The summed E-state index contributed by atoms with van der Waals surface area (Å²) >= 11 is 0. The molecule has 0 spiro atoms. The molecule has 2 aromatic carbocycles. The predicted molar refractivity (Wildman–Crippen MR) is 102 cm³/mol. The van der Waals surface area contributed by atoms with Gasteiger partial charge in [-0.2, -0.15) is 0 Å². The first-order valence-corrected chi connectivity index (χ1v) is 8.96. The molecule has 27 heavy (non-hydrogen) atoms. The molecule has 0 atom stereocenters. The third-order valence-electron chi connectivity index (χ3n) is 5.00. The van der Waals surface area contributed by atoms with Crippen LogP contribution in [0, 0.1) is 17.6 Å². The molecule has 2 heterocycles. The molecule has 4 nitrogen and oxygen atoms in total. The highest BCUT2D eigenvalue weighted by Crippen LogP contribution is 2.30. The Hall–Kier alpha value is -3.02. The van der Waals surface area contributed by atoms with Gasteiger partial charge in [-0.3, -0.25) is 9.78 Å². The molecule has 0 bridgehead atoms. The van der Waals surface area contributed by atoms with Crippen LogP contribution in [0.4, 0.5) is 20.2 Å². The number of piperidine rings is 1. The molecule has 0 unspecified atom stereocenters. The number of hydrogen-bond acceptors (Lipinski definition) is 3. The normalized spacial score (nSPS) is 15.1. The van der Waals surface area contributed by atoms with Crippen LogP contribution in [0.1, 0.15) is 12.8 Å². The lowest BCUT2D eigenvalue weighted by Crippen LogP contribution is -2.38. The summed E-state index contributed by atoms with van der Waals surface area (Å²) in [6.45, 7) is 1.47. The zero-order valence-corrected chi connectivity index (χ0v) is 14.7. The zero-order chi connectivity index (χ0) is 18.8. The van der Waals surface area contributed by atoms with Crippen LogP contribution in [0.2, 0.25) is 0 Å². The van der Waals surface area contributed by atoms with Crippen LogP contribution in [0.5, 0.6) is 0 Å². The molecule has 1 aliphatic heterocycles. The summed E-state index contributed by atoms with van der Waals surface area (Å²) in [6.07, 6.45) is 3.13. The highest BCUT2D eigenvalue weighted by molar-refractivity contribution is 5.93. The Kier molecular flexibility index (Phi) is 4.71. The monoisotopic (exact) mass is 367 g/mol. The highest BCUT2D eigenvalue weighted by Gasteiger charge is 2.26. The van der Waals surface area contributed by atoms with Crippen molar-refractivity contribution in [3.05, 3.63) is 66.4 Å². The van der Waals surface area contributed by atoms with E-state index < -0.39 is 0 Å². The van der Waals surface area contributed by atoms with Crippen molar-refractivity contribution in [2.24, 2.45) is 5.92 Å². The van der Waals surface area contributed by atoms with Crippen LogP contribution >= 0.6 is 0 Å². The van der Waals surface area contributed by atoms with Crippen LogP contribution in [0.15, 0.2) is 54.7 Å². The number of rotatable bonds is 3. The van der Waals surface area contributed by atoms with Crippen LogP contribution in [0.3, 0.4) is 0 Å². The molecule has 1 fully saturated rings. The fourth-order valence-electron chi connectivity index (χ4n) is 3.54. The Morgan fingerprint density at radius 2 is 1.70 bits per heavy atom. The van der Waals surface area contributed by atoms with Crippen molar-refractivity contribution in [3.63, 3.8) is 0 Å². The molecule has 1 saturated heterocycles. The van der Waals surface area contributed by atoms with E-state index in [4.69, 9.17) is 0 Å². The van der Waals surface area contributed by atoms with Gasteiger partial charge >= 0.3 is 0 Å². The smallest absolute Gasteiger partial charge is 0.227 e. The van der Waals surface area contributed by atoms with Crippen molar-refractivity contribution in [1.29, 1.82) is 0 Å². The van der Waals surface area contributed by atoms with E-state index >= 15 is 0 Å². The summed E-state index contributed by atoms with van der Waals surface area (Å²) in [6, 6.07) is 12.3. The van der Waals surface area contributed by atoms with Crippen molar-refractivity contribution in [3.8, 4) is 0 Å². The lowest BCUT2D eigenvalue weighted by atomic mass is 9.95. The Bertz CT molecular complexity index is 967. The molecule has 1 aromatic heterocycles. The first kappa shape index (κ1) is 17.4. The third kappa shape index (κ3) is 3.74. The fourth-order valence-corrected chi connectivity index (χ4v) is 3.54. The Morgan fingerprint density at radius 3 is 2.44 bits per heavy atom. The lowest BCUT2D eigenvalue weighted by Gasteiger charge is -2.33. The summed E-state index contributed by atoms with van der Waals surface area (Å²) in [5.74, 6) is -0.756. The van der Waals surface area contributed by atoms with Crippen molar-refractivity contribution < 1.29 is 13.6 Å². The molecule has 0 radical (unpaired) electrons. The van der Waals surface area contributed by atoms with Gasteiger partial charge in [-0.15, -0.1) is 0 Å². The molecule has 4 rings (SSSR count). The number of fused-ring (bicyclic) bond motifs is 1. The molecule has 6 heteroatoms. The minimum Gasteiger partial charge on any atom is -0.371 e. The van der Waals surface area contributed by atoms with Crippen LogP contribution in [-0.2, 0) is 4.79 Å². The zero-order valence-electron chi connectivity index (χ0n) is 14.7. The average Bonchev–Trinajstić information content (AvgIpc) is 2.69. The minimum atomic E-state index is -0.328. The van der Waals surface area contributed by atoms with Gasteiger partial charge in [-0.1, -0.05) is 0 Å². The van der Waals surface area contributed by atoms with Gasteiger partial charge in [-0.05, 0) is 55.3 Å². The number of carbonyl (C=O) groups is 1. The molecular weight excluding hydrogens is 348 g/mol. The van der Waals surface area contributed by atoms with E-state index in [0.717, 1.165) is 37.0 Å². The summed E-state index contributed by atoms with van der Waals surface area (Å²) in [5, 5.41) is 3.76. The van der Waals surface area contributed by atoms with Crippen molar-refractivity contribution in [2.75, 3.05) is 23.3 Å². The van der Waals surface area contributed by atoms with Crippen molar-refractivity contribution >= 4 is 28.2 Å². The van der Waals surface area contributed by atoms with Gasteiger partial charge in [0.1, 0.15) is 11.6 Å². The second kappa shape index (κ2) is 7.31. The molecular formula is C21H19F2N3O. The van der Waals surface area contributed by atoms with Crippen LogP contribution in [-0.4, -0.2) is 24.0 Å². The number of halogens is 2. The van der Waals surface area contributed by atoms with E-state index in [1.165, 1.54) is 24.3 Å². The maximum atomic E-state index is 13.4. The van der Waals surface area contributed by atoms with Gasteiger partial charge in [0.15, 0.2) is 0 Å². The molecule has 1 N–H and O–H groups in total.